The van der Waals surface area contributed by atoms with Crippen LogP contribution in [0.3, 0.4) is 0 Å². The summed E-state index contributed by atoms with van der Waals surface area (Å²) in [7, 11) is 0. The van der Waals surface area contributed by atoms with Crippen molar-refractivity contribution in [2.24, 2.45) is 5.92 Å². The Morgan fingerprint density at radius 3 is 2.35 bits per heavy atom. The Morgan fingerprint density at radius 2 is 1.76 bits per heavy atom. The lowest BCUT2D eigenvalue weighted by atomic mass is 9.67. The molecule has 0 aliphatic carbocycles. The van der Waals surface area contributed by atoms with Crippen molar-refractivity contribution in [2.75, 3.05) is 19.8 Å². The van der Waals surface area contributed by atoms with Crippen LogP contribution in [0.1, 0.15) is 92.2 Å². The van der Waals surface area contributed by atoms with Crippen molar-refractivity contribution in [2.45, 2.75) is 116 Å². The molecule has 0 bridgehead atoms. The van der Waals surface area contributed by atoms with Gasteiger partial charge in [0.1, 0.15) is 24.6 Å². The van der Waals surface area contributed by atoms with Crippen LogP contribution in [0, 0.1) is 5.92 Å². The lowest BCUT2D eigenvalue weighted by Crippen LogP contribution is -2.71. The van der Waals surface area contributed by atoms with Crippen molar-refractivity contribution in [3.05, 3.63) is 29.8 Å². The van der Waals surface area contributed by atoms with Gasteiger partial charge >= 0.3 is 0 Å². The highest BCUT2D eigenvalue weighted by atomic mass is 16.8. The maximum atomic E-state index is 6.85. The molecule has 3 heterocycles. The molecular formula is C28H45NO5. The lowest BCUT2D eigenvalue weighted by Gasteiger charge is -2.62. The third-order valence-electron chi connectivity index (χ3n) is 8.59. The summed E-state index contributed by atoms with van der Waals surface area (Å²) >= 11 is 0. The van der Waals surface area contributed by atoms with Gasteiger partial charge in [-0.1, -0.05) is 46.2 Å². The fraction of sp³-hybridized carbons (Fsp3) is 0.786. The quantitative estimate of drug-likeness (QED) is 0.384. The van der Waals surface area contributed by atoms with Gasteiger partial charge in [0.2, 0.25) is 0 Å². The molecule has 0 N–H and O–H groups in total. The summed E-state index contributed by atoms with van der Waals surface area (Å²) in [6.45, 7) is 17.9. The summed E-state index contributed by atoms with van der Waals surface area (Å²) in [6.07, 6.45) is 5.21. The second-order valence-corrected chi connectivity index (χ2v) is 11.0. The molecule has 0 amide bonds. The molecule has 34 heavy (non-hydrogen) atoms. The molecule has 3 fully saturated rings. The van der Waals surface area contributed by atoms with Gasteiger partial charge in [-0.2, -0.15) is 5.06 Å². The van der Waals surface area contributed by atoms with Gasteiger partial charge in [0.15, 0.2) is 5.79 Å². The van der Waals surface area contributed by atoms with E-state index < -0.39 is 5.79 Å². The highest BCUT2D eigenvalue weighted by molar-refractivity contribution is 5.28. The zero-order valence-electron chi connectivity index (χ0n) is 22.3. The molecule has 3 aliphatic heterocycles. The van der Waals surface area contributed by atoms with Gasteiger partial charge in [0, 0.05) is 17.9 Å². The van der Waals surface area contributed by atoms with Crippen molar-refractivity contribution in [1.82, 2.24) is 5.06 Å². The fourth-order valence-electron chi connectivity index (χ4n) is 5.76. The maximum Gasteiger partial charge on any atom is 0.175 e. The normalized spacial score (nSPS) is 38.9. The minimum Gasteiger partial charge on any atom is -0.491 e. The van der Waals surface area contributed by atoms with Gasteiger partial charge < -0.3 is 18.9 Å². The van der Waals surface area contributed by atoms with E-state index in [2.05, 4.69) is 65.7 Å². The fourth-order valence-corrected chi connectivity index (χ4v) is 5.76. The minimum atomic E-state index is -0.553. The topological polar surface area (TPSA) is 52.7 Å². The molecule has 4 rings (SSSR count). The number of hydroxylamine groups is 2. The number of rotatable bonds is 10. The average molecular weight is 476 g/mol. The molecule has 1 spiro atoms. The number of hydrogen-bond acceptors (Lipinski definition) is 6. The molecule has 192 valence electrons. The number of nitrogens with zero attached hydrogens (tertiary/aromatic N) is 1. The SMILES string of the molecule is CCCC1COC2(CC(C)(CC)N(OC(C)c3ccc(OCC4CO4)cc3)C(C)(CC)C2C)O1. The summed E-state index contributed by atoms with van der Waals surface area (Å²) in [4.78, 5) is 6.85. The number of benzene rings is 1. The van der Waals surface area contributed by atoms with Crippen LogP contribution in [0.2, 0.25) is 0 Å². The number of epoxide rings is 1. The van der Waals surface area contributed by atoms with Crippen molar-refractivity contribution in [3.8, 4) is 5.75 Å². The predicted molar refractivity (Wildman–Crippen MR) is 133 cm³/mol. The van der Waals surface area contributed by atoms with E-state index in [9.17, 15) is 0 Å². The van der Waals surface area contributed by atoms with E-state index >= 15 is 0 Å². The van der Waals surface area contributed by atoms with Crippen molar-refractivity contribution in [3.63, 3.8) is 0 Å². The first-order valence-corrected chi connectivity index (χ1v) is 13.3. The van der Waals surface area contributed by atoms with E-state index in [1.807, 2.05) is 12.1 Å². The van der Waals surface area contributed by atoms with Gasteiger partial charge in [-0.05, 0) is 57.7 Å². The Labute approximate surface area is 206 Å². The Bertz CT molecular complexity index is 814. The van der Waals surface area contributed by atoms with E-state index in [0.29, 0.717) is 13.2 Å². The van der Waals surface area contributed by atoms with E-state index in [1.54, 1.807) is 0 Å². The van der Waals surface area contributed by atoms with Crippen LogP contribution < -0.4 is 4.74 Å². The molecule has 6 nitrogen and oxygen atoms in total. The first-order chi connectivity index (χ1) is 16.2. The molecule has 0 saturated carbocycles. The third kappa shape index (κ3) is 4.90. The Kier molecular flexibility index (Phi) is 7.66. The average Bonchev–Trinajstić information content (AvgIpc) is 3.59. The van der Waals surface area contributed by atoms with Crippen LogP contribution in [0.25, 0.3) is 0 Å². The molecule has 7 atom stereocenters. The first-order valence-electron chi connectivity index (χ1n) is 13.3. The highest BCUT2D eigenvalue weighted by Crippen LogP contribution is 2.55. The summed E-state index contributed by atoms with van der Waals surface area (Å²) in [5.41, 5.74) is 0.697. The van der Waals surface area contributed by atoms with Crippen LogP contribution >= 0.6 is 0 Å². The van der Waals surface area contributed by atoms with Crippen LogP contribution in [-0.4, -0.2) is 54.0 Å². The smallest absolute Gasteiger partial charge is 0.175 e. The van der Waals surface area contributed by atoms with Gasteiger partial charge in [-0.3, -0.25) is 4.84 Å². The minimum absolute atomic E-state index is 0.0860. The first kappa shape index (κ1) is 25.9. The molecule has 7 unspecified atom stereocenters. The molecule has 0 radical (unpaired) electrons. The molecule has 6 heteroatoms. The standard InChI is InChI=1S/C28H45NO5/c1-8-11-24-18-32-28(33-24)19-26(6,9-2)29(27(7,10-3)21(28)5)34-20(4)22-12-14-23(15-13-22)30-16-25-17-31-25/h12-15,20-21,24-25H,8-11,16-19H2,1-7H3. The zero-order chi connectivity index (χ0) is 24.6. The molecule has 3 aliphatic rings. The van der Waals surface area contributed by atoms with E-state index in [1.165, 1.54) is 0 Å². The van der Waals surface area contributed by atoms with Crippen molar-refractivity contribution >= 4 is 0 Å². The number of piperidine rings is 1. The largest absolute Gasteiger partial charge is 0.491 e. The van der Waals surface area contributed by atoms with Crippen molar-refractivity contribution in [1.29, 1.82) is 0 Å². The van der Waals surface area contributed by atoms with E-state index in [0.717, 1.165) is 50.0 Å². The van der Waals surface area contributed by atoms with Crippen molar-refractivity contribution < 1.29 is 23.8 Å². The van der Waals surface area contributed by atoms with Crippen LogP contribution in [-0.2, 0) is 19.0 Å². The van der Waals surface area contributed by atoms with Crippen LogP contribution in [0.15, 0.2) is 24.3 Å². The molecule has 1 aromatic rings. The summed E-state index contributed by atoms with van der Waals surface area (Å²) in [6, 6.07) is 8.26. The van der Waals surface area contributed by atoms with Gasteiger partial charge in [0.05, 0.1) is 24.9 Å². The number of ether oxygens (including phenoxy) is 4. The van der Waals surface area contributed by atoms with Crippen LogP contribution in [0.4, 0.5) is 0 Å². The van der Waals surface area contributed by atoms with Gasteiger partial charge in [-0.15, -0.1) is 0 Å². The second kappa shape index (κ2) is 10.1. The third-order valence-corrected chi connectivity index (χ3v) is 8.59. The summed E-state index contributed by atoms with van der Waals surface area (Å²) < 4.78 is 24.3. The summed E-state index contributed by atoms with van der Waals surface area (Å²) in [5.74, 6) is 0.482. The lowest BCUT2D eigenvalue weighted by molar-refractivity contribution is -0.380. The monoisotopic (exact) mass is 475 g/mol. The van der Waals surface area contributed by atoms with Crippen LogP contribution in [0.5, 0.6) is 5.75 Å². The Hall–Kier alpha value is -1.18. The van der Waals surface area contributed by atoms with E-state index in [-0.39, 0.29) is 35.3 Å². The maximum absolute atomic E-state index is 6.85. The second-order valence-electron chi connectivity index (χ2n) is 11.0. The predicted octanol–water partition coefficient (Wildman–Crippen LogP) is 6.05. The number of hydrogen-bond donors (Lipinski definition) is 0. The molecular weight excluding hydrogens is 430 g/mol. The summed E-state index contributed by atoms with van der Waals surface area (Å²) in [5, 5.41) is 2.30. The van der Waals surface area contributed by atoms with Gasteiger partial charge in [0.25, 0.3) is 0 Å². The molecule has 3 saturated heterocycles. The van der Waals surface area contributed by atoms with E-state index in [4.69, 9.17) is 23.8 Å². The highest BCUT2D eigenvalue weighted by Gasteiger charge is 2.64. The Morgan fingerprint density at radius 1 is 1.06 bits per heavy atom. The Balaban J connectivity index is 1.52. The molecule has 0 aromatic heterocycles. The molecule has 1 aromatic carbocycles. The zero-order valence-corrected chi connectivity index (χ0v) is 22.3. The van der Waals surface area contributed by atoms with Gasteiger partial charge in [-0.25, -0.2) is 0 Å².